The maximum atomic E-state index is 13.1. The van der Waals surface area contributed by atoms with Crippen LogP contribution in [0.4, 0.5) is 17.6 Å². The van der Waals surface area contributed by atoms with Crippen molar-refractivity contribution in [3.8, 4) is 17.0 Å². The van der Waals surface area contributed by atoms with Crippen LogP contribution in [0, 0.1) is 0 Å². The average molecular weight is 274 g/mol. The first-order valence-corrected chi connectivity index (χ1v) is 5.31. The third-order valence-electron chi connectivity index (χ3n) is 2.60. The molecular formula is C12H10F4N2O. The molecule has 1 aromatic heterocycles. The van der Waals surface area contributed by atoms with Crippen molar-refractivity contribution in [1.29, 1.82) is 0 Å². The average Bonchev–Trinajstić information content (AvgIpc) is 2.89. The quantitative estimate of drug-likeness (QED) is 0.867. The van der Waals surface area contributed by atoms with E-state index in [0.717, 1.165) is 6.07 Å². The molecule has 0 unspecified atom stereocenters. The van der Waals surface area contributed by atoms with Crippen LogP contribution in [0.1, 0.15) is 5.69 Å². The van der Waals surface area contributed by atoms with Crippen LogP contribution < -0.4 is 4.74 Å². The highest BCUT2D eigenvalue weighted by Gasteiger charge is 2.44. The van der Waals surface area contributed by atoms with Crippen LogP contribution in [0.5, 0.6) is 5.75 Å². The van der Waals surface area contributed by atoms with Gasteiger partial charge in [0, 0.05) is 5.56 Å². The second-order valence-electron chi connectivity index (χ2n) is 3.82. The first-order chi connectivity index (χ1) is 8.95. The molecular weight excluding hydrogens is 264 g/mol. The molecule has 3 nitrogen and oxygen atoms in total. The highest BCUT2D eigenvalue weighted by Crippen LogP contribution is 2.34. The van der Waals surface area contributed by atoms with Crippen LogP contribution >= 0.6 is 0 Å². The number of ether oxygens (including phenoxy) is 1. The van der Waals surface area contributed by atoms with E-state index in [-0.39, 0.29) is 5.69 Å². The summed E-state index contributed by atoms with van der Waals surface area (Å²) in [4.78, 5) is 0. The number of benzene rings is 1. The van der Waals surface area contributed by atoms with Gasteiger partial charge < -0.3 is 4.74 Å². The molecule has 0 spiro atoms. The number of hydrogen-bond donors (Lipinski definition) is 1. The van der Waals surface area contributed by atoms with Gasteiger partial charge in [-0.3, -0.25) is 5.10 Å². The predicted molar refractivity (Wildman–Crippen MR) is 60.5 cm³/mol. The van der Waals surface area contributed by atoms with E-state index in [2.05, 4.69) is 5.10 Å². The smallest absolute Gasteiger partial charge is 0.348 e. The number of aromatic amines is 1. The minimum absolute atomic E-state index is 0.165. The Kier molecular flexibility index (Phi) is 3.46. The molecule has 1 aromatic carbocycles. The Labute approximate surface area is 106 Å². The summed E-state index contributed by atoms with van der Waals surface area (Å²) in [5, 5.41) is 5.55. The lowest BCUT2D eigenvalue weighted by Crippen LogP contribution is -2.23. The maximum absolute atomic E-state index is 13.1. The molecule has 0 bridgehead atoms. The maximum Gasteiger partial charge on any atom is 0.348 e. The van der Waals surface area contributed by atoms with Gasteiger partial charge in [-0.15, -0.1) is 0 Å². The van der Waals surface area contributed by atoms with Crippen LogP contribution in [0.3, 0.4) is 0 Å². The Morgan fingerprint density at radius 1 is 1.21 bits per heavy atom. The number of rotatable bonds is 4. The number of aromatic nitrogens is 2. The molecule has 102 valence electrons. The Balaban J connectivity index is 2.30. The van der Waals surface area contributed by atoms with E-state index < -0.39 is 18.0 Å². The molecule has 19 heavy (non-hydrogen) atoms. The van der Waals surface area contributed by atoms with Crippen molar-refractivity contribution in [2.45, 2.75) is 12.3 Å². The summed E-state index contributed by atoms with van der Waals surface area (Å²) >= 11 is 0. The summed E-state index contributed by atoms with van der Waals surface area (Å²) in [6.45, 7) is 0. The minimum atomic E-state index is -4.24. The topological polar surface area (TPSA) is 37.9 Å². The number of nitrogens with one attached hydrogen (secondary N) is 1. The molecule has 0 atom stereocenters. The highest BCUT2D eigenvalue weighted by atomic mass is 19.3. The van der Waals surface area contributed by atoms with Crippen LogP contribution in [0.2, 0.25) is 0 Å². The monoisotopic (exact) mass is 274 g/mol. The molecule has 0 saturated heterocycles. The lowest BCUT2D eigenvalue weighted by atomic mass is 10.1. The van der Waals surface area contributed by atoms with E-state index in [1.807, 2.05) is 5.10 Å². The standard InChI is InChI=1S/C12H10F4N2O/c1-19-8-4-2-7(3-5-8)9-6-10(18-17-9)12(15,16)11(13)14/h2-6,11H,1H3,(H,17,18). The van der Waals surface area contributed by atoms with Crippen LogP contribution in [0.25, 0.3) is 11.3 Å². The van der Waals surface area contributed by atoms with E-state index in [1.54, 1.807) is 24.3 Å². The van der Waals surface area contributed by atoms with Gasteiger partial charge in [-0.2, -0.15) is 13.9 Å². The molecule has 0 fully saturated rings. The van der Waals surface area contributed by atoms with E-state index in [0.29, 0.717) is 11.3 Å². The zero-order valence-electron chi connectivity index (χ0n) is 9.83. The van der Waals surface area contributed by atoms with Gasteiger partial charge in [-0.1, -0.05) is 0 Å². The van der Waals surface area contributed by atoms with Gasteiger partial charge >= 0.3 is 12.3 Å². The predicted octanol–water partition coefficient (Wildman–Crippen LogP) is 3.44. The first-order valence-electron chi connectivity index (χ1n) is 5.31. The second-order valence-corrected chi connectivity index (χ2v) is 3.82. The first kappa shape index (κ1) is 13.4. The van der Waals surface area contributed by atoms with E-state index in [4.69, 9.17) is 4.74 Å². The number of methoxy groups -OCH3 is 1. The van der Waals surface area contributed by atoms with Gasteiger partial charge in [0.25, 0.3) is 0 Å². The van der Waals surface area contributed by atoms with Crippen molar-refractivity contribution in [3.63, 3.8) is 0 Å². The van der Waals surface area contributed by atoms with Crippen LogP contribution in [0.15, 0.2) is 30.3 Å². The third kappa shape index (κ3) is 2.54. The fourth-order valence-electron chi connectivity index (χ4n) is 1.52. The van der Waals surface area contributed by atoms with Gasteiger partial charge in [0.2, 0.25) is 0 Å². The molecule has 0 saturated carbocycles. The number of halogens is 4. The summed E-state index contributed by atoms with van der Waals surface area (Å²) in [5.41, 5.74) is -0.223. The third-order valence-corrected chi connectivity index (χ3v) is 2.60. The van der Waals surface area contributed by atoms with Gasteiger partial charge in [0.15, 0.2) is 0 Å². The van der Waals surface area contributed by atoms with Crippen molar-refractivity contribution >= 4 is 0 Å². The van der Waals surface area contributed by atoms with Crippen LogP contribution in [-0.2, 0) is 5.92 Å². The summed E-state index contributed by atoms with van der Waals surface area (Å²) in [6, 6.07) is 7.34. The molecule has 0 amide bonds. The zero-order chi connectivity index (χ0) is 14.0. The number of alkyl halides is 4. The van der Waals surface area contributed by atoms with Gasteiger partial charge in [-0.05, 0) is 30.3 Å². The molecule has 1 heterocycles. The summed E-state index contributed by atoms with van der Waals surface area (Å²) < 4.78 is 55.5. The van der Waals surface area contributed by atoms with Crippen molar-refractivity contribution in [1.82, 2.24) is 10.2 Å². The SMILES string of the molecule is COc1ccc(-c2cc(C(F)(F)C(F)F)[nH]n2)cc1. The lowest BCUT2D eigenvalue weighted by Gasteiger charge is -2.11. The Morgan fingerprint density at radius 3 is 2.37 bits per heavy atom. The molecule has 0 aliphatic heterocycles. The molecule has 2 rings (SSSR count). The van der Waals surface area contributed by atoms with Gasteiger partial charge in [-0.25, -0.2) is 8.78 Å². The molecule has 1 N–H and O–H groups in total. The fourth-order valence-corrected chi connectivity index (χ4v) is 1.52. The molecule has 0 radical (unpaired) electrons. The molecule has 0 aliphatic rings. The normalized spacial score (nSPS) is 11.9. The molecule has 2 aromatic rings. The number of H-pyrrole nitrogens is 1. The Bertz CT molecular complexity index is 551. The van der Waals surface area contributed by atoms with E-state index in [1.165, 1.54) is 7.11 Å². The Morgan fingerprint density at radius 2 is 1.84 bits per heavy atom. The Hall–Kier alpha value is -2.05. The van der Waals surface area contributed by atoms with Gasteiger partial charge in [0.1, 0.15) is 11.4 Å². The second kappa shape index (κ2) is 4.91. The van der Waals surface area contributed by atoms with Crippen molar-refractivity contribution in [2.24, 2.45) is 0 Å². The summed E-state index contributed by atoms with van der Waals surface area (Å²) in [5.74, 6) is -3.64. The molecule has 0 aliphatic carbocycles. The number of hydrogen-bond acceptors (Lipinski definition) is 2. The van der Waals surface area contributed by atoms with Crippen molar-refractivity contribution < 1.29 is 22.3 Å². The highest BCUT2D eigenvalue weighted by molar-refractivity contribution is 5.60. The lowest BCUT2D eigenvalue weighted by molar-refractivity contribution is -0.137. The number of nitrogens with zero attached hydrogens (tertiary/aromatic N) is 1. The largest absolute Gasteiger partial charge is 0.497 e. The fraction of sp³-hybridized carbons (Fsp3) is 0.250. The summed E-state index contributed by atoms with van der Waals surface area (Å²) in [6.07, 6.45) is -3.78. The minimum Gasteiger partial charge on any atom is -0.497 e. The van der Waals surface area contributed by atoms with E-state index in [9.17, 15) is 17.6 Å². The zero-order valence-corrected chi connectivity index (χ0v) is 9.83. The summed E-state index contributed by atoms with van der Waals surface area (Å²) in [7, 11) is 1.49. The molecule has 7 heteroatoms. The van der Waals surface area contributed by atoms with Gasteiger partial charge in [0.05, 0.1) is 12.8 Å². The van der Waals surface area contributed by atoms with E-state index >= 15 is 0 Å². The van der Waals surface area contributed by atoms with Crippen molar-refractivity contribution in [2.75, 3.05) is 7.11 Å². The van der Waals surface area contributed by atoms with Crippen molar-refractivity contribution in [3.05, 3.63) is 36.0 Å². The van der Waals surface area contributed by atoms with Crippen LogP contribution in [-0.4, -0.2) is 23.7 Å².